The maximum Gasteiger partial charge on any atom is 1.00 e. The van der Waals surface area contributed by atoms with Gasteiger partial charge in [-0.15, -0.1) is 0 Å². The first kappa shape index (κ1) is 20.6. The SMILES string of the molecule is COP(=O)([O-])OP(=O)([O-])OC.[Na+].[Na+]. The summed E-state index contributed by atoms with van der Waals surface area (Å²) in [5.41, 5.74) is 0. The van der Waals surface area contributed by atoms with E-state index < -0.39 is 15.6 Å². The van der Waals surface area contributed by atoms with Gasteiger partial charge in [0.2, 0.25) is 0 Å². The molecule has 0 saturated heterocycles. The first-order chi connectivity index (χ1) is 4.83. The Bertz CT molecular complexity index is 197. The largest absolute Gasteiger partial charge is 1.00 e. The molecule has 0 N–H and O–H groups in total. The van der Waals surface area contributed by atoms with Crippen LogP contribution in [0.4, 0.5) is 0 Å². The molecule has 11 heteroatoms. The molecule has 0 fully saturated rings. The monoisotopic (exact) mass is 250 g/mol. The fourth-order valence-corrected chi connectivity index (χ4v) is 1.70. The molecule has 0 aromatic carbocycles. The zero-order chi connectivity index (χ0) is 9.12. The van der Waals surface area contributed by atoms with Gasteiger partial charge in [-0.05, 0) is 0 Å². The van der Waals surface area contributed by atoms with Crippen molar-refractivity contribution in [1.82, 2.24) is 0 Å². The standard InChI is InChI=1S/C2H8O7P2.2Na/c1-7-10(3,4)9-11(5,6)8-2;;/h1-2H3,(H,3,4)(H,5,6);;/q;2*+1/p-2. The second-order valence-corrected chi connectivity index (χ2v) is 4.51. The van der Waals surface area contributed by atoms with Crippen LogP contribution in [-0.2, 0) is 22.5 Å². The van der Waals surface area contributed by atoms with E-state index in [1.54, 1.807) is 0 Å². The van der Waals surface area contributed by atoms with Gasteiger partial charge in [0, 0.05) is 14.2 Å². The third kappa shape index (κ3) is 10.5. The second-order valence-electron chi connectivity index (χ2n) is 1.34. The summed E-state index contributed by atoms with van der Waals surface area (Å²) in [4.78, 5) is 20.6. The van der Waals surface area contributed by atoms with E-state index in [1.807, 2.05) is 0 Å². The topological polar surface area (TPSA) is 108 Å². The minimum absolute atomic E-state index is 0. The van der Waals surface area contributed by atoms with Gasteiger partial charge in [0.05, 0.1) is 0 Å². The van der Waals surface area contributed by atoms with E-state index in [2.05, 4.69) is 13.4 Å². The van der Waals surface area contributed by atoms with Crippen LogP contribution in [0.2, 0.25) is 0 Å². The molecular formula is C2H6Na2O7P2. The fraction of sp³-hybridized carbons (Fsp3) is 1.00. The zero-order valence-electron chi connectivity index (χ0n) is 7.75. The maximum absolute atomic E-state index is 10.3. The van der Waals surface area contributed by atoms with Crippen molar-refractivity contribution in [3.05, 3.63) is 0 Å². The molecule has 0 bridgehead atoms. The number of rotatable bonds is 4. The van der Waals surface area contributed by atoms with Crippen molar-refractivity contribution < 1.29 is 91.4 Å². The van der Waals surface area contributed by atoms with Gasteiger partial charge >= 0.3 is 59.1 Å². The summed E-state index contributed by atoms with van der Waals surface area (Å²) >= 11 is 0. The van der Waals surface area contributed by atoms with Gasteiger partial charge in [-0.25, -0.2) is 4.31 Å². The van der Waals surface area contributed by atoms with Crippen LogP contribution >= 0.6 is 15.6 Å². The van der Waals surface area contributed by atoms with Crippen LogP contribution in [0.15, 0.2) is 0 Å². The van der Waals surface area contributed by atoms with Crippen molar-refractivity contribution in [1.29, 1.82) is 0 Å². The molecule has 0 aromatic heterocycles. The summed E-state index contributed by atoms with van der Waals surface area (Å²) in [6.45, 7) is 0. The summed E-state index contributed by atoms with van der Waals surface area (Å²) in [6.07, 6.45) is 0. The molecule has 0 aliphatic heterocycles. The third-order valence-corrected chi connectivity index (χ3v) is 3.14. The average molecular weight is 250 g/mol. The van der Waals surface area contributed by atoms with Gasteiger partial charge in [0.25, 0.3) is 15.6 Å². The Morgan fingerprint density at radius 1 is 0.923 bits per heavy atom. The Morgan fingerprint density at radius 2 is 1.15 bits per heavy atom. The van der Waals surface area contributed by atoms with Crippen molar-refractivity contribution in [3.8, 4) is 0 Å². The first-order valence-electron chi connectivity index (χ1n) is 2.28. The van der Waals surface area contributed by atoms with Gasteiger partial charge in [0.1, 0.15) is 0 Å². The van der Waals surface area contributed by atoms with Crippen molar-refractivity contribution in [3.63, 3.8) is 0 Å². The van der Waals surface area contributed by atoms with Gasteiger partial charge in [-0.3, -0.25) is 9.13 Å². The van der Waals surface area contributed by atoms with Crippen LogP contribution < -0.4 is 68.9 Å². The van der Waals surface area contributed by atoms with Crippen molar-refractivity contribution in [2.75, 3.05) is 14.2 Å². The summed E-state index contributed by atoms with van der Waals surface area (Å²) in [5.74, 6) is 0. The molecule has 68 valence electrons. The molecule has 7 nitrogen and oxygen atoms in total. The Balaban J connectivity index is -0.000000500. The Labute approximate surface area is 120 Å². The van der Waals surface area contributed by atoms with Gasteiger partial charge in [0.15, 0.2) is 0 Å². The van der Waals surface area contributed by atoms with Crippen molar-refractivity contribution in [2.24, 2.45) is 0 Å². The minimum Gasteiger partial charge on any atom is -0.756 e. The van der Waals surface area contributed by atoms with E-state index in [0.29, 0.717) is 0 Å². The maximum atomic E-state index is 10.3. The van der Waals surface area contributed by atoms with Crippen LogP contribution in [0.1, 0.15) is 0 Å². The number of hydrogen-bond acceptors (Lipinski definition) is 7. The third-order valence-electron chi connectivity index (χ3n) is 0.647. The van der Waals surface area contributed by atoms with Crippen LogP contribution in [0.25, 0.3) is 0 Å². The van der Waals surface area contributed by atoms with E-state index >= 15 is 0 Å². The van der Waals surface area contributed by atoms with Crippen LogP contribution in [0, 0.1) is 0 Å². The Morgan fingerprint density at radius 3 is 1.31 bits per heavy atom. The van der Waals surface area contributed by atoms with Gasteiger partial charge < -0.3 is 18.8 Å². The Kier molecular flexibility index (Phi) is 13.4. The molecule has 0 aliphatic rings. The number of hydrogen-bond donors (Lipinski definition) is 0. The van der Waals surface area contributed by atoms with Crippen LogP contribution in [0.3, 0.4) is 0 Å². The summed E-state index contributed by atoms with van der Waals surface area (Å²) in [6, 6.07) is 0. The second kappa shape index (κ2) is 8.42. The van der Waals surface area contributed by atoms with Crippen molar-refractivity contribution in [2.45, 2.75) is 0 Å². The van der Waals surface area contributed by atoms with E-state index in [0.717, 1.165) is 14.2 Å². The molecule has 0 heterocycles. The molecule has 0 spiro atoms. The molecule has 2 unspecified atom stereocenters. The quantitative estimate of drug-likeness (QED) is 0.360. The molecule has 0 radical (unpaired) electrons. The summed E-state index contributed by atoms with van der Waals surface area (Å²) in [5, 5.41) is 0. The van der Waals surface area contributed by atoms with E-state index in [4.69, 9.17) is 0 Å². The number of phosphoric acid groups is 2. The fourth-order valence-electron chi connectivity index (χ4n) is 0.189. The zero-order valence-corrected chi connectivity index (χ0v) is 13.5. The van der Waals surface area contributed by atoms with Crippen molar-refractivity contribution >= 4 is 15.6 Å². The predicted molar refractivity (Wildman–Crippen MR) is 30.3 cm³/mol. The molecular weight excluding hydrogens is 244 g/mol. The smallest absolute Gasteiger partial charge is 0.756 e. The van der Waals surface area contributed by atoms with E-state index in [9.17, 15) is 18.9 Å². The summed E-state index contributed by atoms with van der Waals surface area (Å²) < 4.78 is 31.5. The van der Waals surface area contributed by atoms with Gasteiger partial charge in [-0.2, -0.15) is 0 Å². The van der Waals surface area contributed by atoms with Crippen LogP contribution in [0.5, 0.6) is 0 Å². The normalized spacial score (nSPS) is 18.8. The number of phosphoric ester groups is 2. The molecule has 13 heavy (non-hydrogen) atoms. The molecule has 2 atom stereocenters. The van der Waals surface area contributed by atoms with E-state index in [-0.39, 0.29) is 59.1 Å². The van der Waals surface area contributed by atoms with Crippen LogP contribution in [-0.4, -0.2) is 14.2 Å². The minimum atomic E-state index is -4.76. The summed E-state index contributed by atoms with van der Waals surface area (Å²) in [7, 11) is -7.99. The molecule has 0 aliphatic carbocycles. The molecule has 0 aromatic rings. The first-order valence-corrected chi connectivity index (χ1v) is 5.20. The molecule has 0 saturated carbocycles. The average Bonchev–Trinajstić information content (AvgIpc) is 1.86. The Hall–Kier alpha value is 2.26. The predicted octanol–water partition coefficient (Wildman–Crippen LogP) is -6.76. The van der Waals surface area contributed by atoms with E-state index in [1.165, 1.54) is 0 Å². The van der Waals surface area contributed by atoms with Gasteiger partial charge in [-0.1, -0.05) is 0 Å². The molecule has 0 amide bonds. The molecule has 0 rings (SSSR count).